The molecule has 19 heavy (non-hydrogen) atoms. The minimum Gasteiger partial charge on any atom is -0.492 e. The molecule has 0 fully saturated rings. The maximum atomic E-state index is 5.93. The number of rotatable bonds is 5. The van der Waals surface area contributed by atoms with Crippen LogP contribution in [0.3, 0.4) is 0 Å². The van der Waals surface area contributed by atoms with E-state index in [9.17, 15) is 0 Å². The van der Waals surface area contributed by atoms with Crippen LogP contribution < -0.4 is 10.1 Å². The summed E-state index contributed by atoms with van der Waals surface area (Å²) < 4.78 is 6.63. The summed E-state index contributed by atoms with van der Waals surface area (Å²) in [5.41, 5.74) is 0.925. The van der Waals surface area contributed by atoms with E-state index in [1.54, 1.807) is 12.1 Å². The van der Waals surface area contributed by atoms with Crippen LogP contribution in [0.2, 0.25) is 10.0 Å². The molecule has 0 aliphatic heterocycles. The summed E-state index contributed by atoms with van der Waals surface area (Å²) >= 11 is 15.2. The molecule has 2 nitrogen and oxygen atoms in total. The Kier molecular flexibility index (Phi) is 5.37. The lowest BCUT2D eigenvalue weighted by Gasteiger charge is -2.09. The lowest BCUT2D eigenvalue weighted by Crippen LogP contribution is -2.11. The van der Waals surface area contributed by atoms with Gasteiger partial charge in [0.1, 0.15) is 12.4 Å². The Balaban J connectivity index is 1.77. The first kappa shape index (κ1) is 14.5. The van der Waals surface area contributed by atoms with Gasteiger partial charge >= 0.3 is 0 Å². The summed E-state index contributed by atoms with van der Waals surface area (Å²) in [6.07, 6.45) is 0. The Morgan fingerprint density at radius 3 is 2.42 bits per heavy atom. The van der Waals surface area contributed by atoms with Gasteiger partial charge in [0.15, 0.2) is 0 Å². The van der Waals surface area contributed by atoms with Crippen molar-refractivity contribution in [1.82, 2.24) is 0 Å². The van der Waals surface area contributed by atoms with Gasteiger partial charge in [-0.2, -0.15) is 0 Å². The zero-order chi connectivity index (χ0) is 13.7. The summed E-state index contributed by atoms with van der Waals surface area (Å²) in [5, 5.41) is 4.31. The van der Waals surface area contributed by atoms with Gasteiger partial charge in [-0.25, -0.2) is 0 Å². The zero-order valence-electron chi connectivity index (χ0n) is 10.00. The van der Waals surface area contributed by atoms with Crippen LogP contribution in [0.5, 0.6) is 5.75 Å². The van der Waals surface area contributed by atoms with E-state index >= 15 is 0 Å². The molecular formula is C14H12BrCl2NO. The predicted molar refractivity (Wildman–Crippen MR) is 84.6 cm³/mol. The SMILES string of the molecule is Clc1ccc(NCCOc2ccc(Br)cc2)cc1Cl. The van der Waals surface area contributed by atoms with Gasteiger partial charge in [-0.05, 0) is 42.5 Å². The van der Waals surface area contributed by atoms with Crippen molar-refractivity contribution in [1.29, 1.82) is 0 Å². The Bertz CT molecular complexity index is 546. The maximum absolute atomic E-state index is 5.93. The average Bonchev–Trinajstić information content (AvgIpc) is 2.41. The van der Waals surface area contributed by atoms with E-state index in [2.05, 4.69) is 21.2 Å². The van der Waals surface area contributed by atoms with Crippen LogP contribution in [0.1, 0.15) is 0 Å². The van der Waals surface area contributed by atoms with E-state index in [1.165, 1.54) is 0 Å². The first-order chi connectivity index (χ1) is 9.15. The summed E-state index contributed by atoms with van der Waals surface area (Å²) in [5.74, 6) is 0.846. The van der Waals surface area contributed by atoms with Crippen LogP contribution in [0.15, 0.2) is 46.9 Å². The maximum Gasteiger partial charge on any atom is 0.119 e. The molecule has 0 unspecified atom stereocenters. The van der Waals surface area contributed by atoms with Crippen molar-refractivity contribution in [2.45, 2.75) is 0 Å². The van der Waals surface area contributed by atoms with Crippen molar-refractivity contribution in [3.05, 3.63) is 57.0 Å². The van der Waals surface area contributed by atoms with E-state index in [0.717, 1.165) is 15.9 Å². The van der Waals surface area contributed by atoms with Crippen LogP contribution in [-0.2, 0) is 0 Å². The highest BCUT2D eigenvalue weighted by Crippen LogP contribution is 2.24. The molecule has 0 radical (unpaired) electrons. The smallest absolute Gasteiger partial charge is 0.119 e. The number of halogens is 3. The molecule has 0 amide bonds. The van der Waals surface area contributed by atoms with Crippen molar-refractivity contribution in [3.63, 3.8) is 0 Å². The second-order valence-electron chi connectivity index (χ2n) is 3.86. The number of hydrogen-bond acceptors (Lipinski definition) is 2. The topological polar surface area (TPSA) is 21.3 Å². The summed E-state index contributed by atoms with van der Waals surface area (Å²) in [6.45, 7) is 1.26. The monoisotopic (exact) mass is 359 g/mol. The van der Waals surface area contributed by atoms with E-state index in [4.69, 9.17) is 27.9 Å². The summed E-state index contributed by atoms with van der Waals surface area (Å²) in [4.78, 5) is 0. The van der Waals surface area contributed by atoms with Gasteiger partial charge in [-0.1, -0.05) is 39.1 Å². The highest BCUT2D eigenvalue weighted by Gasteiger charge is 1.99. The zero-order valence-corrected chi connectivity index (χ0v) is 13.1. The summed E-state index contributed by atoms with van der Waals surface area (Å²) in [6, 6.07) is 13.2. The lowest BCUT2D eigenvalue weighted by atomic mass is 10.3. The van der Waals surface area contributed by atoms with E-state index in [-0.39, 0.29) is 0 Å². The number of anilines is 1. The molecule has 0 aliphatic rings. The number of nitrogens with one attached hydrogen (secondary N) is 1. The van der Waals surface area contributed by atoms with Crippen LogP contribution >= 0.6 is 39.1 Å². The van der Waals surface area contributed by atoms with E-state index in [0.29, 0.717) is 23.2 Å². The normalized spacial score (nSPS) is 10.3. The van der Waals surface area contributed by atoms with Crippen molar-refractivity contribution < 1.29 is 4.74 Å². The fourth-order valence-electron chi connectivity index (χ4n) is 1.50. The van der Waals surface area contributed by atoms with Crippen LogP contribution in [0, 0.1) is 0 Å². The largest absolute Gasteiger partial charge is 0.492 e. The Morgan fingerprint density at radius 2 is 1.74 bits per heavy atom. The summed E-state index contributed by atoms with van der Waals surface area (Å²) in [7, 11) is 0. The molecule has 2 aromatic carbocycles. The molecule has 2 aromatic rings. The number of benzene rings is 2. The average molecular weight is 361 g/mol. The first-order valence-corrected chi connectivity index (χ1v) is 7.27. The highest BCUT2D eigenvalue weighted by molar-refractivity contribution is 9.10. The third kappa shape index (κ3) is 4.60. The predicted octanol–water partition coefficient (Wildman–Crippen LogP) is 5.25. The van der Waals surface area contributed by atoms with Gasteiger partial charge < -0.3 is 10.1 Å². The van der Waals surface area contributed by atoms with Crippen LogP contribution in [0.4, 0.5) is 5.69 Å². The lowest BCUT2D eigenvalue weighted by molar-refractivity contribution is 0.333. The fraction of sp³-hybridized carbons (Fsp3) is 0.143. The van der Waals surface area contributed by atoms with Gasteiger partial charge in [0.2, 0.25) is 0 Å². The standard InChI is InChI=1S/C14H12BrCl2NO/c15-10-1-4-12(5-2-10)19-8-7-18-11-3-6-13(16)14(17)9-11/h1-6,9,18H,7-8H2. The number of ether oxygens (including phenoxy) is 1. The van der Waals surface area contributed by atoms with Gasteiger partial charge in [0.25, 0.3) is 0 Å². The van der Waals surface area contributed by atoms with Gasteiger partial charge in [-0.15, -0.1) is 0 Å². The molecule has 0 heterocycles. The van der Waals surface area contributed by atoms with Crippen LogP contribution in [0.25, 0.3) is 0 Å². The Morgan fingerprint density at radius 1 is 1.00 bits per heavy atom. The Labute approximate surface area is 130 Å². The van der Waals surface area contributed by atoms with Crippen LogP contribution in [-0.4, -0.2) is 13.2 Å². The molecule has 5 heteroatoms. The molecule has 0 saturated heterocycles. The first-order valence-electron chi connectivity index (χ1n) is 5.72. The molecule has 2 rings (SSSR count). The quantitative estimate of drug-likeness (QED) is 0.735. The third-order valence-corrected chi connectivity index (χ3v) is 3.70. The van der Waals surface area contributed by atoms with Gasteiger partial charge in [-0.3, -0.25) is 0 Å². The van der Waals surface area contributed by atoms with Gasteiger partial charge in [0.05, 0.1) is 10.0 Å². The van der Waals surface area contributed by atoms with Crippen molar-refractivity contribution in [2.75, 3.05) is 18.5 Å². The van der Waals surface area contributed by atoms with Crippen molar-refractivity contribution >= 4 is 44.8 Å². The molecule has 100 valence electrons. The van der Waals surface area contributed by atoms with Crippen molar-refractivity contribution in [2.24, 2.45) is 0 Å². The van der Waals surface area contributed by atoms with E-state index in [1.807, 2.05) is 30.3 Å². The number of hydrogen-bond donors (Lipinski definition) is 1. The fourth-order valence-corrected chi connectivity index (χ4v) is 2.06. The molecule has 0 aliphatic carbocycles. The second-order valence-corrected chi connectivity index (χ2v) is 5.59. The van der Waals surface area contributed by atoms with Crippen molar-refractivity contribution in [3.8, 4) is 5.75 Å². The minimum absolute atomic E-state index is 0.542. The highest BCUT2D eigenvalue weighted by atomic mass is 79.9. The molecular weight excluding hydrogens is 349 g/mol. The molecule has 1 N–H and O–H groups in total. The molecule has 0 aromatic heterocycles. The third-order valence-electron chi connectivity index (χ3n) is 2.43. The minimum atomic E-state index is 0.542. The molecule has 0 atom stereocenters. The Hall–Kier alpha value is -0.900. The molecule has 0 bridgehead atoms. The molecule has 0 saturated carbocycles. The second kappa shape index (κ2) is 7.04. The van der Waals surface area contributed by atoms with Gasteiger partial charge in [0, 0.05) is 16.7 Å². The van der Waals surface area contributed by atoms with E-state index < -0.39 is 0 Å². The molecule has 0 spiro atoms.